The zero-order valence-corrected chi connectivity index (χ0v) is 12.2. The van der Waals surface area contributed by atoms with Crippen molar-refractivity contribution in [3.63, 3.8) is 0 Å². The molecule has 2 fully saturated rings. The minimum Gasteiger partial charge on any atom is -0.359 e. The molecule has 0 spiro atoms. The lowest BCUT2D eigenvalue weighted by Gasteiger charge is -2.24. The Hall–Kier alpha value is -1.76. The van der Waals surface area contributed by atoms with Crippen LogP contribution in [0.2, 0.25) is 0 Å². The van der Waals surface area contributed by atoms with Crippen LogP contribution in [0.25, 0.3) is 0 Å². The molecule has 21 heavy (non-hydrogen) atoms. The number of rotatable bonds is 3. The Labute approximate surface area is 127 Å². The molecule has 0 unspecified atom stereocenters. The molecule has 2 saturated carbocycles. The van der Waals surface area contributed by atoms with E-state index in [1.54, 1.807) is 0 Å². The molecule has 0 saturated heterocycles. The van der Waals surface area contributed by atoms with E-state index in [-0.39, 0.29) is 11.4 Å². The highest BCUT2D eigenvalue weighted by atomic mass is 32.1. The second-order valence-corrected chi connectivity index (χ2v) is 6.21. The molecule has 3 rings (SSSR count). The number of nitrogens with one attached hydrogen (secondary N) is 2. The summed E-state index contributed by atoms with van der Waals surface area (Å²) < 4.78 is 13.7. The van der Waals surface area contributed by atoms with E-state index in [1.165, 1.54) is 19.3 Å². The number of anilines is 1. The summed E-state index contributed by atoms with van der Waals surface area (Å²) in [6.45, 7) is 0. The molecule has 2 aliphatic rings. The molecule has 7 heteroatoms. The fourth-order valence-corrected chi connectivity index (χ4v) is 3.73. The molecule has 1 aromatic carbocycles. The van der Waals surface area contributed by atoms with Crippen LogP contribution < -0.4 is 10.6 Å². The van der Waals surface area contributed by atoms with Gasteiger partial charge >= 0.3 is 0 Å². The van der Waals surface area contributed by atoms with Crippen molar-refractivity contribution in [2.75, 3.05) is 5.32 Å². The molecule has 0 heterocycles. The van der Waals surface area contributed by atoms with Gasteiger partial charge in [0.2, 0.25) is 0 Å². The van der Waals surface area contributed by atoms with Crippen molar-refractivity contribution < 1.29 is 9.31 Å². The van der Waals surface area contributed by atoms with Gasteiger partial charge in [0.15, 0.2) is 5.11 Å². The van der Waals surface area contributed by atoms with Gasteiger partial charge in [0, 0.05) is 18.2 Å². The molecule has 0 aliphatic heterocycles. The van der Waals surface area contributed by atoms with Crippen LogP contribution in [0.3, 0.4) is 0 Å². The maximum absolute atomic E-state index is 13.7. The van der Waals surface area contributed by atoms with Crippen molar-refractivity contribution in [3.8, 4) is 0 Å². The van der Waals surface area contributed by atoms with Gasteiger partial charge in [-0.25, -0.2) is 4.39 Å². The lowest BCUT2D eigenvalue weighted by molar-refractivity contribution is -0.384. The van der Waals surface area contributed by atoms with Crippen molar-refractivity contribution >= 4 is 28.7 Å². The first-order chi connectivity index (χ1) is 10.0. The number of nitrogens with zero attached hydrogens (tertiary/aromatic N) is 1. The molecule has 2 bridgehead atoms. The van der Waals surface area contributed by atoms with E-state index in [2.05, 4.69) is 10.6 Å². The van der Waals surface area contributed by atoms with Crippen molar-refractivity contribution in [1.82, 2.24) is 5.32 Å². The molecule has 0 radical (unpaired) electrons. The van der Waals surface area contributed by atoms with Gasteiger partial charge in [-0.2, -0.15) is 0 Å². The third kappa shape index (κ3) is 2.97. The Morgan fingerprint density at radius 2 is 2.19 bits per heavy atom. The summed E-state index contributed by atoms with van der Waals surface area (Å²) in [6.07, 6.45) is 4.86. The largest absolute Gasteiger partial charge is 0.359 e. The topological polar surface area (TPSA) is 67.2 Å². The van der Waals surface area contributed by atoms with Crippen LogP contribution in [0.15, 0.2) is 18.2 Å². The van der Waals surface area contributed by atoms with E-state index in [1.807, 2.05) is 0 Å². The molecule has 2 N–H and O–H groups in total. The van der Waals surface area contributed by atoms with Crippen LogP contribution in [0.1, 0.15) is 25.7 Å². The van der Waals surface area contributed by atoms with E-state index in [0.717, 1.165) is 30.5 Å². The first-order valence-corrected chi connectivity index (χ1v) is 7.45. The summed E-state index contributed by atoms with van der Waals surface area (Å²) in [6, 6.07) is 3.70. The summed E-state index contributed by atoms with van der Waals surface area (Å²) in [5.41, 5.74) is -0.133. The predicted molar refractivity (Wildman–Crippen MR) is 81.6 cm³/mol. The number of fused-ring (bicyclic) bond motifs is 2. The zero-order valence-electron chi connectivity index (χ0n) is 11.3. The fraction of sp³-hybridized carbons (Fsp3) is 0.500. The average Bonchev–Trinajstić information content (AvgIpc) is 3.03. The van der Waals surface area contributed by atoms with Crippen LogP contribution in [0.5, 0.6) is 0 Å². The third-order valence-corrected chi connectivity index (χ3v) is 4.68. The lowest BCUT2D eigenvalue weighted by Crippen LogP contribution is -2.40. The minimum atomic E-state index is -0.559. The number of thiocarbonyl (C=S) groups is 1. The van der Waals surface area contributed by atoms with Crippen LogP contribution >= 0.6 is 12.2 Å². The highest BCUT2D eigenvalue weighted by Gasteiger charge is 2.39. The van der Waals surface area contributed by atoms with Crippen LogP contribution in [-0.4, -0.2) is 16.1 Å². The van der Waals surface area contributed by atoms with E-state index >= 15 is 0 Å². The standard InChI is InChI=1S/C14H16FN3O2S/c15-11-4-3-10(18(19)20)7-13(11)17-14(21)16-12-6-8-1-2-9(12)5-8/h3-4,7-9,12H,1-2,5-6H2,(H2,16,17,21)/t8-,9+,12+/m0/s1. The first-order valence-electron chi connectivity index (χ1n) is 7.04. The molecule has 0 amide bonds. The minimum absolute atomic E-state index is 0.0323. The summed E-state index contributed by atoms with van der Waals surface area (Å²) in [7, 11) is 0. The molecule has 1 aromatic rings. The van der Waals surface area contributed by atoms with E-state index in [9.17, 15) is 14.5 Å². The highest BCUT2D eigenvalue weighted by molar-refractivity contribution is 7.80. The van der Waals surface area contributed by atoms with Gasteiger partial charge in [-0.1, -0.05) is 6.42 Å². The Kier molecular flexibility index (Phi) is 3.75. The number of non-ortho nitro benzene ring substituents is 1. The predicted octanol–water partition coefficient (Wildman–Crippen LogP) is 3.21. The van der Waals surface area contributed by atoms with Crippen molar-refractivity contribution in [1.29, 1.82) is 0 Å². The van der Waals surface area contributed by atoms with E-state index in [0.29, 0.717) is 17.1 Å². The van der Waals surface area contributed by atoms with Crippen LogP contribution in [-0.2, 0) is 0 Å². The highest BCUT2D eigenvalue weighted by Crippen LogP contribution is 2.44. The van der Waals surface area contributed by atoms with Gasteiger partial charge in [-0.05, 0) is 49.4 Å². The van der Waals surface area contributed by atoms with Crippen molar-refractivity contribution in [3.05, 3.63) is 34.1 Å². The van der Waals surface area contributed by atoms with E-state index in [4.69, 9.17) is 12.2 Å². The number of hydrogen-bond donors (Lipinski definition) is 2. The zero-order chi connectivity index (χ0) is 15.0. The average molecular weight is 309 g/mol. The van der Waals surface area contributed by atoms with Gasteiger partial charge in [0.25, 0.3) is 5.69 Å². The monoisotopic (exact) mass is 309 g/mol. The molecule has 3 atom stereocenters. The third-order valence-electron chi connectivity index (χ3n) is 4.46. The van der Waals surface area contributed by atoms with Crippen molar-refractivity contribution in [2.45, 2.75) is 31.7 Å². The SMILES string of the molecule is O=[N+]([O-])c1ccc(F)c(NC(=S)N[C@@H]2C[C@H]3CC[C@@H]2C3)c1. The smallest absolute Gasteiger partial charge is 0.271 e. The summed E-state index contributed by atoms with van der Waals surface area (Å²) in [5.74, 6) is 0.868. The Morgan fingerprint density at radius 1 is 1.38 bits per heavy atom. The second-order valence-electron chi connectivity index (χ2n) is 5.80. The van der Waals surface area contributed by atoms with Gasteiger partial charge in [-0.3, -0.25) is 10.1 Å². The number of nitro benzene ring substituents is 1. The van der Waals surface area contributed by atoms with Crippen molar-refractivity contribution in [2.24, 2.45) is 11.8 Å². The first kappa shape index (κ1) is 14.2. The number of nitro groups is 1. The normalized spacial score (nSPS) is 26.6. The number of benzene rings is 1. The number of halogens is 1. The Bertz CT molecular complexity index is 596. The quantitative estimate of drug-likeness (QED) is 0.510. The molecular formula is C14H16FN3O2S. The maximum Gasteiger partial charge on any atom is 0.271 e. The molecule has 112 valence electrons. The fourth-order valence-electron chi connectivity index (χ4n) is 3.47. The number of hydrogen-bond acceptors (Lipinski definition) is 3. The van der Waals surface area contributed by atoms with Gasteiger partial charge in [0.1, 0.15) is 5.82 Å². The lowest BCUT2D eigenvalue weighted by atomic mass is 9.96. The van der Waals surface area contributed by atoms with Gasteiger partial charge < -0.3 is 10.6 Å². The Balaban J connectivity index is 1.64. The molecular weight excluding hydrogens is 293 g/mol. The molecule has 0 aromatic heterocycles. The summed E-state index contributed by atoms with van der Waals surface area (Å²) in [5, 5.41) is 17.0. The van der Waals surface area contributed by atoms with Crippen LogP contribution in [0, 0.1) is 27.8 Å². The summed E-state index contributed by atoms with van der Waals surface area (Å²) in [4.78, 5) is 10.2. The van der Waals surface area contributed by atoms with Gasteiger partial charge in [0.05, 0.1) is 10.6 Å². The molecule has 2 aliphatic carbocycles. The summed E-state index contributed by atoms with van der Waals surface area (Å²) >= 11 is 5.20. The van der Waals surface area contributed by atoms with E-state index < -0.39 is 10.7 Å². The second kappa shape index (κ2) is 5.55. The van der Waals surface area contributed by atoms with Gasteiger partial charge in [-0.15, -0.1) is 0 Å². The maximum atomic E-state index is 13.7. The Morgan fingerprint density at radius 3 is 2.81 bits per heavy atom. The van der Waals surface area contributed by atoms with Crippen LogP contribution in [0.4, 0.5) is 15.8 Å². The molecule has 5 nitrogen and oxygen atoms in total.